The predicted molar refractivity (Wildman–Crippen MR) is 64.4 cm³/mol. The summed E-state index contributed by atoms with van der Waals surface area (Å²) in [6.45, 7) is 2.67. The van der Waals surface area contributed by atoms with Crippen molar-refractivity contribution in [2.75, 3.05) is 7.05 Å². The molecule has 2 aromatic rings. The van der Waals surface area contributed by atoms with Crippen LogP contribution in [0.1, 0.15) is 11.4 Å². The van der Waals surface area contributed by atoms with Crippen LogP contribution < -0.4 is 5.32 Å². The van der Waals surface area contributed by atoms with E-state index in [1.165, 1.54) is 0 Å². The standard InChI is InChI=1S/C10H12BrN5/c1-7-5-8(11)3-4-9(7)16-10(6-12-2)13-14-15-16/h3-5,12H,6H2,1-2H3. The molecule has 0 saturated heterocycles. The summed E-state index contributed by atoms with van der Waals surface area (Å²) in [5.74, 6) is 0.799. The van der Waals surface area contributed by atoms with Crippen molar-refractivity contribution in [2.24, 2.45) is 0 Å². The Hall–Kier alpha value is -1.27. The van der Waals surface area contributed by atoms with Crippen molar-refractivity contribution in [3.63, 3.8) is 0 Å². The fourth-order valence-electron chi connectivity index (χ4n) is 1.52. The zero-order chi connectivity index (χ0) is 11.5. The van der Waals surface area contributed by atoms with E-state index in [2.05, 4.69) is 36.8 Å². The molecule has 2 rings (SSSR count). The number of hydrogen-bond donors (Lipinski definition) is 1. The summed E-state index contributed by atoms with van der Waals surface area (Å²) in [6, 6.07) is 6.02. The third-order valence-corrected chi connectivity index (χ3v) is 2.75. The highest BCUT2D eigenvalue weighted by Gasteiger charge is 2.09. The molecular formula is C10H12BrN5. The maximum atomic E-state index is 4.00. The minimum atomic E-state index is 0.641. The summed E-state index contributed by atoms with van der Waals surface area (Å²) < 4.78 is 2.80. The van der Waals surface area contributed by atoms with Crippen LogP contribution in [0, 0.1) is 6.92 Å². The van der Waals surface area contributed by atoms with Gasteiger partial charge in [0.15, 0.2) is 5.82 Å². The second kappa shape index (κ2) is 4.71. The van der Waals surface area contributed by atoms with Crippen molar-refractivity contribution in [1.29, 1.82) is 0 Å². The zero-order valence-electron chi connectivity index (χ0n) is 9.11. The van der Waals surface area contributed by atoms with E-state index in [1.807, 2.05) is 32.2 Å². The van der Waals surface area contributed by atoms with Gasteiger partial charge in [0.25, 0.3) is 0 Å². The minimum Gasteiger partial charge on any atom is -0.313 e. The minimum absolute atomic E-state index is 0.641. The molecule has 0 radical (unpaired) electrons. The van der Waals surface area contributed by atoms with Crippen LogP contribution in [0.2, 0.25) is 0 Å². The Kier molecular flexibility index (Phi) is 3.31. The first-order valence-electron chi connectivity index (χ1n) is 4.90. The molecule has 0 unspecified atom stereocenters. The van der Waals surface area contributed by atoms with Gasteiger partial charge in [-0.1, -0.05) is 15.9 Å². The molecule has 0 amide bonds. The molecule has 0 fully saturated rings. The first-order chi connectivity index (χ1) is 7.72. The van der Waals surface area contributed by atoms with E-state index in [1.54, 1.807) is 4.68 Å². The van der Waals surface area contributed by atoms with Crippen LogP contribution in [0.4, 0.5) is 0 Å². The van der Waals surface area contributed by atoms with Gasteiger partial charge in [-0.15, -0.1) is 5.10 Å². The third-order valence-electron chi connectivity index (χ3n) is 2.26. The van der Waals surface area contributed by atoms with Gasteiger partial charge in [-0.2, -0.15) is 4.68 Å². The van der Waals surface area contributed by atoms with Crippen LogP contribution >= 0.6 is 15.9 Å². The molecule has 1 aromatic carbocycles. The first-order valence-corrected chi connectivity index (χ1v) is 5.70. The zero-order valence-corrected chi connectivity index (χ0v) is 10.7. The van der Waals surface area contributed by atoms with E-state index in [9.17, 15) is 0 Å². The lowest BCUT2D eigenvalue weighted by Gasteiger charge is -2.07. The highest BCUT2D eigenvalue weighted by Crippen LogP contribution is 2.19. The summed E-state index contributed by atoms with van der Waals surface area (Å²) in [7, 11) is 1.87. The van der Waals surface area contributed by atoms with Crippen molar-refractivity contribution >= 4 is 15.9 Å². The highest BCUT2D eigenvalue weighted by atomic mass is 79.9. The lowest BCUT2D eigenvalue weighted by atomic mass is 10.2. The van der Waals surface area contributed by atoms with E-state index in [0.717, 1.165) is 21.5 Å². The van der Waals surface area contributed by atoms with Crippen molar-refractivity contribution in [1.82, 2.24) is 25.5 Å². The molecule has 0 bridgehead atoms. The SMILES string of the molecule is CNCc1nnnn1-c1ccc(Br)cc1C. The smallest absolute Gasteiger partial charge is 0.170 e. The van der Waals surface area contributed by atoms with Gasteiger partial charge >= 0.3 is 0 Å². The average molecular weight is 282 g/mol. The molecule has 84 valence electrons. The van der Waals surface area contributed by atoms with Crippen molar-refractivity contribution in [3.8, 4) is 5.69 Å². The van der Waals surface area contributed by atoms with Gasteiger partial charge in [0.1, 0.15) is 0 Å². The molecule has 16 heavy (non-hydrogen) atoms. The number of benzene rings is 1. The van der Waals surface area contributed by atoms with E-state index < -0.39 is 0 Å². The average Bonchev–Trinajstić information content (AvgIpc) is 2.67. The van der Waals surface area contributed by atoms with Gasteiger partial charge in [-0.05, 0) is 48.2 Å². The topological polar surface area (TPSA) is 55.6 Å². The van der Waals surface area contributed by atoms with Crippen LogP contribution in [0.3, 0.4) is 0 Å². The van der Waals surface area contributed by atoms with Gasteiger partial charge in [0, 0.05) is 4.47 Å². The van der Waals surface area contributed by atoms with Gasteiger partial charge in [-0.25, -0.2) is 0 Å². The number of aromatic nitrogens is 4. The van der Waals surface area contributed by atoms with Crippen LogP contribution in [-0.2, 0) is 6.54 Å². The summed E-state index contributed by atoms with van der Waals surface area (Å²) >= 11 is 3.44. The number of aryl methyl sites for hydroxylation is 1. The summed E-state index contributed by atoms with van der Waals surface area (Å²) in [5.41, 5.74) is 2.12. The summed E-state index contributed by atoms with van der Waals surface area (Å²) in [5, 5.41) is 14.7. The Bertz CT molecular complexity index is 494. The van der Waals surface area contributed by atoms with Crippen LogP contribution in [0.15, 0.2) is 22.7 Å². The number of hydrogen-bond acceptors (Lipinski definition) is 4. The number of tetrazole rings is 1. The van der Waals surface area contributed by atoms with Crippen LogP contribution in [-0.4, -0.2) is 27.3 Å². The first kappa shape index (κ1) is 11.2. The molecule has 0 aliphatic heterocycles. The molecule has 0 aliphatic rings. The van der Waals surface area contributed by atoms with E-state index in [4.69, 9.17) is 0 Å². The molecule has 6 heteroatoms. The Morgan fingerprint density at radius 3 is 2.94 bits per heavy atom. The second-order valence-corrected chi connectivity index (χ2v) is 4.38. The highest BCUT2D eigenvalue weighted by molar-refractivity contribution is 9.10. The Balaban J connectivity index is 2.46. The van der Waals surface area contributed by atoms with Crippen molar-refractivity contribution < 1.29 is 0 Å². The predicted octanol–water partition coefficient (Wildman–Crippen LogP) is 1.45. The Morgan fingerprint density at radius 1 is 1.44 bits per heavy atom. The number of rotatable bonds is 3. The van der Waals surface area contributed by atoms with Crippen molar-refractivity contribution in [2.45, 2.75) is 13.5 Å². The molecular weight excluding hydrogens is 270 g/mol. The fraction of sp³-hybridized carbons (Fsp3) is 0.300. The third kappa shape index (κ3) is 2.12. The van der Waals surface area contributed by atoms with Gasteiger partial charge in [0.05, 0.1) is 12.2 Å². The number of nitrogens with one attached hydrogen (secondary N) is 1. The normalized spacial score (nSPS) is 10.7. The monoisotopic (exact) mass is 281 g/mol. The molecule has 0 atom stereocenters. The quantitative estimate of drug-likeness (QED) is 0.925. The maximum absolute atomic E-state index is 4.00. The van der Waals surface area contributed by atoms with E-state index in [-0.39, 0.29) is 0 Å². The van der Waals surface area contributed by atoms with Gasteiger partial charge in [-0.3, -0.25) is 0 Å². The fourth-order valence-corrected chi connectivity index (χ4v) is 1.99. The number of halogens is 1. The van der Waals surface area contributed by atoms with E-state index >= 15 is 0 Å². The molecule has 1 heterocycles. The lowest BCUT2D eigenvalue weighted by Crippen LogP contribution is -2.12. The summed E-state index contributed by atoms with van der Waals surface area (Å²) in [4.78, 5) is 0. The number of nitrogens with zero attached hydrogens (tertiary/aromatic N) is 4. The lowest BCUT2D eigenvalue weighted by molar-refractivity contribution is 0.706. The van der Waals surface area contributed by atoms with Crippen molar-refractivity contribution in [3.05, 3.63) is 34.1 Å². The molecule has 0 aliphatic carbocycles. The maximum Gasteiger partial charge on any atom is 0.170 e. The van der Waals surface area contributed by atoms with E-state index in [0.29, 0.717) is 6.54 Å². The molecule has 0 saturated carbocycles. The van der Waals surface area contributed by atoms with Crippen LogP contribution in [0.5, 0.6) is 0 Å². The van der Waals surface area contributed by atoms with Gasteiger partial charge in [0.2, 0.25) is 0 Å². The second-order valence-electron chi connectivity index (χ2n) is 3.47. The molecule has 0 spiro atoms. The molecule has 1 aromatic heterocycles. The summed E-state index contributed by atoms with van der Waals surface area (Å²) in [6.07, 6.45) is 0. The molecule has 5 nitrogen and oxygen atoms in total. The van der Waals surface area contributed by atoms with Gasteiger partial charge < -0.3 is 5.32 Å². The Labute approximate surface area is 102 Å². The Morgan fingerprint density at radius 2 is 2.25 bits per heavy atom. The largest absolute Gasteiger partial charge is 0.313 e. The molecule has 1 N–H and O–H groups in total. The van der Waals surface area contributed by atoms with Crippen LogP contribution in [0.25, 0.3) is 5.69 Å².